The number of halogens is 4. The lowest BCUT2D eigenvalue weighted by Gasteiger charge is -2.23. The maximum absolute atomic E-state index is 5.08. The third-order valence-corrected chi connectivity index (χ3v) is 2.91. The van der Waals surface area contributed by atoms with Crippen LogP contribution in [-0.4, -0.2) is 27.5 Å². The van der Waals surface area contributed by atoms with Crippen LogP contribution in [-0.2, 0) is 9.47 Å². The Hall–Kier alpha value is 1.84. The molecule has 0 aliphatic rings. The molecule has 1 atom stereocenters. The largest absolute Gasteiger partial charge is 0.355 e. The van der Waals surface area contributed by atoms with Crippen molar-refractivity contribution in [2.75, 3.05) is 14.2 Å². The van der Waals surface area contributed by atoms with Crippen molar-refractivity contribution < 1.29 is 9.47 Å². The normalized spacial score (nSPS) is 15.2. The first-order valence-electron chi connectivity index (χ1n) is 3.17. The molecule has 0 aliphatic carbocycles. The maximum Gasteiger partial charge on any atom is 0.169 e. The molecule has 0 saturated heterocycles. The van der Waals surface area contributed by atoms with E-state index in [2.05, 4.69) is 63.7 Å². The highest BCUT2D eigenvalue weighted by atomic mass is 80.0. The van der Waals surface area contributed by atoms with E-state index in [0.29, 0.717) is 0 Å². The van der Waals surface area contributed by atoms with Crippen LogP contribution in [0.5, 0.6) is 0 Å². The first-order valence-corrected chi connectivity index (χ1v) is 6.46. The molecule has 0 rings (SSSR count). The second kappa shape index (κ2) is 6.35. The van der Waals surface area contributed by atoms with Gasteiger partial charge in [0.15, 0.2) is 6.29 Å². The van der Waals surface area contributed by atoms with Crippen LogP contribution in [0.1, 0.15) is 6.42 Å². The van der Waals surface area contributed by atoms with Crippen molar-refractivity contribution in [2.45, 2.75) is 19.7 Å². The molecule has 74 valence electrons. The van der Waals surface area contributed by atoms with E-state index < -0.39 is 0 Å². The Morgan fingerprint density at radius 1 is 1.17 bits per heavy atom. The minimum Gasteiger partial charge on any atom is -0.355 e. The average Bonchev–Trinajstić information content (AvgIpc) is 1.85. The lowest BCUT2D eigenvalue weighted by molar-refractivity contribution is -0.101. The van der Waals surface area contributed by atoms with Gasteiger partial charge in [0.2, 0.25) is 0 Å². The highest BCUT2D eigenvalue weighted by Gasteiger charge is 2.27. The molecular weight excluding hydrogens is 424 g/mol. The summed E-state index contributed by atoms with van der Waals surface area (Å²) in [6.45, 7) is 0. The van der Waals surface area contributed by atoms with E-state index in [1.807, 2.05) is 0 Å². The third-order valence-electron chi connectivity index (χ3n) is 1.19. The van der Waals surface area contributed by atoms with E-state index in [9.17, 15) is 0 Å². The molecule has 0 amide bonds. The van der Waals surface area contributed by atoms with Crippen molar-refractivity contribution in [3.63, 3.8) is 0 Å². The van der Waals surface area contributed by atoms with E-state index in [-0.39, 0.29) is 13.3 Å². The summed E-state index contributed by atoms with van der Waals surface area (Å²) < 4.78 is 9.88. The van der Waals surface area contributed by atoms with Crippen LogP contribution in [0.25, 0.3) is 0 Å². The van der Waals surface area contributed by atoms with Crippen molar-refractivity contribution in [3.8, 4) is 0 Å². The number of hydrogen-bond acceptors (Lipinski definition) is 2. The standard InChI is InChI=1S/C6H10Br4O2/c1-11-5(12-2)4(7)3-6(8,9)10/h4-5H,3H2,1-2H3. The van der Waals surface area contributed by atoms with Gasteiger partial charge in [-0.1, -0.05) is 63.7 Å². The van der Waals surface area contributed by atoms with Gasteiger partial charge in [-0.05, 0) is 6.42 Å². The summed E-state index contributed by atoms with van der Waals surface area (Å²) in [5, 5.41) is 0. The lowest BCUT2D eigenvalue weighted by atomic mass is 10.3. The number of methoxy groups -OCH3 is 2. The fourth-order valence-electron chi connectivity index (χ4n) is 0.709. The highest BCUT2D eigenvalue weighted by molar-refractivity contribution is 9.39. The molecule has 0 aliphatic heterocycles. The second-order valence-electron chi connectivity index (χ2n) is 2.18. The molecule has 0 fully saturated rings. The quantitative estimate of drug-likeness (QED) is 0.498. The van der Waals surface area contributed by atoms with Crippen LogP contribution < -0.4 is 0 Å². The maximum atomic E-state index is 5.08. The van der Waals surface area contributed by atoms with Crippen molar-refractivity contribution in [1.29, 1.82) is 0 Å². The van der Waals surface area contributed by atoms with Crippen LogP contribution in [0, 0.1) is 0 Å². The average molecular weight is 434 g/mol. The molecule has 0 N–H and O–H groups in total. The van der Waals surface area contributed by atoms with E-state index in [0.717, 1.165) is 6.42 Å². The Bertz CT molecular complexity index is 121. The minimum absolute atomic E-state index is 0.116. The molecule has 0 spiro atoms. The van der Waals surface area contributed by atoms with Crippen LogP contribution in [0.2, 0.25) is 0 Å². The Balaban J connectivity index is 3.92. The highest BCUT2D eigenvalue weighted by Crippen LogP contribution is 2.40. The van der Waals surface area contributed by atoms with E-state index in [4.69, 9.17) is 9.47 Å². The molecule has 0 heterocycles. The van der Waals surface area contributed by atoms with E-state index in [1.165, 1.54) is 0 Å². The number of alkyl halides is 4. The predicted molar refractivity (Wildman–Crippen MR) is 64.7 cm³/mol. The smallest absolute Gasteiger partial charge is 0.169 e. The predicted octanol–water partition coefficient (Wildman–Crippen LogP) is 3.60. The zero-order chi connectivity index (χ0) is 9.78. The Morgan fingerprint density at radius 2 is 1.58 bits per heavy atom. The molecule has 0 radical (unpaired) electrons. The van der Waals surface area contributed by atoms with Crippen LogP contribution in [0.4, 0.5) is 0 Å². The van der Waals surface area contributed by atoms with E-state index in [1.54, 1.807) is 14.2 Å². The molecule has 0 aromatic rings. The molecule has 0 aromatic heterocycles. The molecule has 0 aromatic carbocycles. The fraction of sp³-hybridized carbons (Fsp3) is 1.00. The van der Waals surface area contributed by atoms with Gasteiger partial charge in [-0.2, -0.15) is 0 Å². The second-order valence-corrected chi connectivity index (χ2v) is 10.6. The number of ether oxygens (including phenoxy) is 2. The van der Waals surface area contributed by atoms with Gasteiger partial charge >= 0.3 is 0 Å². The van der Waals surface area contributed by atoms with Crippen molar-refractivity contribution in [1.82, 2.24) is 0 Å². The summed E-state index contributed by atoms with van der Waals surface area (Å²) in [5.41, 5.74) is 0. The molecular formula is C6H10Br4O2. The van der Waals surface area contributed by atoms with Crippen molar-refractivity contribution >= 4 is 63.7 Å². The van der Waals surface area contributed by atoms with Gasteiger partial charge in [-0.15, -0.1) is 0 Å². The van der Waals surface area contributed by atoms with Gasteiger partial charge in [0.1, 0.15) is 2.14 Å². The summed E-state index contributed by atoms with van der Waals surface area (Å²) in [5.74, 6) is 0. The number of hydrogen-bond donors (Lipinski definition) is 0. The fourth-order valence-corrected chi connectivity index (χ4v) is 3.98. The zero-order valence-corrected chi connectivity index (χ0v) is 13.0. The van der Waals surface area contributed by atoms with Gasteiger partial charge < -0.3 is 9.47 Å². The Kier molecular flexibility index (Phi) is 7.32. The van der Waals surface area contributed by atoms with Gasteiger partial charge in [-0.25, -0.2) is 0 Å². The van der Waals surface area contributed by atoms with Gasteiger partial charge in [0, 0.05) is 14.2 Å². The van der Waals surface area contributed by atoms with Gasteiger partial charge in [-0.3, -0.25) is 0 Å². The molecule has 2 nitrogen and oxygen atoms in total. The first-order chi connectivity index (χ1) is 5.40. The van der Waals surface area contributed by atoms with Crippen LogP contribution in [0.15, 0.2) is 0 Å². The van der Waals surface area contributed by atoms with E-state index >= 15 is 0 Å². The van der Waals surface area contributed by atoms with Gasteiger partial charge in [0.25, 0.3) is 0 Å². The minimum atomic E-state index is -0.267. The SMILES string of the molecule is COC(OC)C(Br)CC(Br)(Br)Br. The van der Waals surface area contributed by atoms with Crippen LogP contribution in [0.3, 0.4) is 0 Å². The molecule has 0 saturated carbocycles. The molecule has 1 unspecified atom stereocenters. The monoisotopic (exact) mass is 430 g/mol. The summed E-state index contributed by atoms with van der Waals surface area (Å²) in [6.07, 6.45) is 0.538. The van der Waals surface area contributed by atoms with Crippen molar-refractivity contribution in [2.24, 2.45) is 0 Å². The first kappa shape index (κ1) is 13.8. The van der Waals surface area contributed by atoms with Crippen LogP contribution >= 0.6 is 63.7 Å². The summed E-state index contributed by atoms with van der Waals surface area (Å²) in [6, 6.07) is 0. The third kappa shape index (κ3) is 6.32. The lowest BCUT2D eigenvalue weighted by Crippen LogP contribution is -2.28. The molecule has 6 heteroatoms. The van der Waals surface area contributed by atoms with Crippen molar-refractivity contribution in [3.05, 3.63) is 0 Å². The molecule has 0 bridgehead atoms. The summed E-state index contributed by atoms with van der Waals surface area (Å²) >= 11 is 13.7. The summed E-state index contributed by atoms with van der Waals surface area (Å²) in [7, 11) is 3.22. The van der Waals surface area contributed by atoms with Gasteiger partial charge in [0.05, 0.1) is 4.83 Å². The Morgan fingerprint density at radius 3 is 1.83 bits per heavy atom. The molecule has 12 heavy (non-hydrogen) atoms. The Labute approximate surface area is 106 Å². The number of rotatable bonds is 4. The topological polar surface area (TPSA) is 18.5 Å². The zero-order valence-electron chi connectivity index (χ0n) is 6.69. The summed E-state index contributed by atoms with van der Waals surface area (Å²) in [4.78, 5) is 0.116.